The quantitative estimate of drug-likeness (QED) is 0.701. The Kier molecular flexibility index (Phi) is 5.49. The van der Waals surface area contributed by atoms with Crippen LogP contribution in [0.1, 0.15) is 44.9 Å². The first kappa shape index (κ1) is 19.4. The van der Waals surface area contributed by atoms with Crippen molar-refractivity contribution < 1.29 is 4.79 Å². The number of rotatable bonds is 6. The molecule has 5 heteroatoms. The maximum atomic E-state index is 13.0. The molecule has 0 radical (unpaired) electrons. The van der Waals surface area contributed by atoms with Crippen LogP contribution in [0.2, 0.25) is 0 Å². The normalized spacial score (nSPS) is 13.0. The van der Waals surface area contributed by atoms with Gasteiger partial charge in [0.25, 0.3) is 5.91 Å². The lowest BCUT2D eigenvalue weighted by molar-refractivity contribution is 0.0944. The number of aromatic nitrogens is 2. The first-order valence-electron chi connectivity index (χ1n) is 10.2. The van der Waals surface area contributed by atoms with Gasteiger partial charge in [-0.2, -0.15) is 5.10 Å². The second kappa shape index (κ2) is 8.21. The van der Waals surface area contributed by atoms with Crippen LogP contribution in [0.5, 0.6) is 0 Å². The van der Waals surface area contributed by atoms with Crippen LogP contribution in [-0.2, 0) is 25.9 Å². The summed E-state index contributed by atoms with van der Waals surface area (Å²) in [6.07, 6.45) is 2.96. The van der Waals surface area contributed by atoms with Gasteiger partial charge in [-0.15, -0.1) is 0 Å². The van der Waals surface area contributed by atoms with E-state index in [-0.39, 0.29) is 5.91 Å². The van der Waals surface area contributed by atoms with E-state index in [1.807, 2.05) is 16.8 Å². The van der Waals surface area contributed by atoms with Crippen molar-refractivity contribution in [3.05, 3.63) is 82.2 Å². The summed E-state index contributed by atoms with van der Waals surface area (Å²) in [5.74, 6) is -0.0892. The number of amides is 1. The lowest BCUT2D eigenvalue weighted by Gasteiger charge is -2.14. The summed E-state index contributed by atoms with van der Waals surface area (Å²) < 4.78 is 1.96. The summed E-state index contributed by atoms with van der Waals surface area (Å²) in [6, 6.07) is 16.6. The fraction of sp³-hybridized carbons (Fsp3) is 0.333. The van der Waals surface area contributed by atoms with Gasteiger partial charge < -0.3 is 10.2 Å². The van der Waals surface area contributed by atoms with Crippen LogP contribution in [0.3, 0.4) is 0 Å². The topological polar surface area (TPSA) is 50.2 Å². The van der Waals surface area contributed by atoms with Gasteiger partial charge >= 0.3 is 0 Å². The number of nitrogens with one attached hydrogen (secondary N) is 1. The lowest BCUT2D eigenvalue weighted by atomic mass is 10.1. The number of carbonyl (C=O) groups excluding carboxylic acids is 1. The fourth-order valence-electron chi connectivity index (χ4n) is 4.00. The Bertz CT molecular complexity index is 1020. The van der Waals surface area contributed by atoms with E-state index in [1.54, 1.807) is 0 Å². The molecule has 1 aliphatic rings. The van der Waals surface area contributed by atoms with Crippen LogP contribution in [0, 0.1) is 6.92 Å². The molecule has 29 heavy (non-hydrogen) atoms. The minimum Gasteiger partial charge on any atom is -0.347 e. The molecule has 5 nitrogen and oxygen atoms in total. The molecule has 1 aromatic heterocycles. The predicted molar refractivity (Wildman–Crippen MR) is 115 cm³/mol. The highest BCUT2D eigenvalue weighted by Crippen LogP contribution is 2.28. The molecule has 0 saturated carbocycles. The summed E-state index contributed by atoms with van der Waals surface area (Å²) >= 11 is 0. The number of fused-ring (bicyclic) bond motifs is 1. The highest BCUT2D eigenvalue weighted by atomic mass is 16.1. The molecule has 1 heterocycles. The monoisotopic (exact) mass is 388 g/mol. The Morgan fingerprint density at radius 2 is 1.79 bits per heavy atom. The maximum Gasteiger partial charge on any atom is 0.272 e. The largest absolute Gasteiger partial charge is 0.347 e. The van der Waals surface area contributed by atoms with E-state index in [0.29, 0.717) is 12.2 Å². The van der Waals surface area contributed by atoms with E-state index >= 15 is 0 Å². The molecule has 0 aliphatic heterocycles. The van der Waals surface area contributed by atoms with Gasteiger partial charge in [0.1, 0.15) is 0 Å². The summed E-state index contributed by atoms with van der Waals surface area (Å²) in [5, 5.41) is 7.81. The molecular weight excluding hydrogens is 360 g/mol. The van der Waals surface area contributed by atoms with Gasteiger partial charge in [-0.3, -0.25) is 4.79 Å². The summed E-state index contributed by atoms with van der Waals surface area (Å²) in [7, 11) is 4.10. The van der Waals surface area contributed by atoms with Crippen molar-refractivity contribution in [1.82, 2.24) is 20.0 Å². The van der Waals surface area contributed by atoms with Gasteiger partial charge in [0.05, 0.1) is 5.69 Å². The number of hydrogen-bond acceptors (Lipinski definition) is 3. The van der Waals surface area contributed by atoms with Crippen LogP contribution in [0.15, 0.2) is 48.5 Å². The molecule has 0 unspecified atom stereocenters. The highest BCUT2D eigenvalue weighted by molar-refractivity contribution is 5.94. The first-order chi connectivity index (χ1) is 14.0. The zero-order valence-corrected chi connectivity index (χ0v) is 17.4. The van der Waals surface area contributed by atoms with E-state index in [9.17, 15) is 4.79 Å². The van der Waals surface area contributed by atoms with Crippen molar-refractivity contribution in [1.29, 1.82) is 0 Å². The minimum absolute atomic E-state index is 0.0892. The molecule has 0 bridgehead atoms. The van der Waals surface area contributed by atoms with E-state index < -0.39 is 0 Å². The van der Waals surface area contributed by atoms with Crippen LogP contribution in [0.25, 0.3) is 5.69 Å². The average molecular weight is 389 g/mol. The lowest BCUT2D eigenvalue weighted by Crippen LogP contribution is -2.25. The smallest absolute Gasteiger partial charge is 0.272 e. The Labute approximate surface area is 172 Å². The van der Waals surface area contributed by atoms with E-state index in [0.717, 1.165) is 42.6 Å². The molecule has 0 saturated heterocycles. The third kappa shape index (κ3) is 4.10. The van der Waals surface area contributed by atoms with Crippen LogP contribution < -0.4 is 5.32 Å². The molecule has 3 aromatic rings. The molecule has 1 amide bonds. The summed E-state index contributed by atoms with van der Waals surface area (Å²) in [6.45, 7) is 3.43. The van der Waals surface area contributed by atoms with Crippen LogP contribution >= 0.6 is 0 Å². The highest BCUT2D eigenvalue weighted by Gasteiger charge is 2.26. The zero-order chi connectivity index (χ0) is 20.4. The molecule has 150 valence electrons. The van der Waals surface area contributed by atoms with Gasteiger partial charge in [-0.05, 0) is 63.5 Å². The van der Waals surface area contributed by atoms with Crippen molar-refractivity contribution in [3.63, 3.8) is 0 Å². The van der Waals surface area contributed by atoms with E-state index in [1.165, 1.54) is 16.8 Å². The predicted octanol–water partition coefficient (Wildman–Crippen LogP) is 3.66. The Morgan fingerprint density at radius 1 is 1.07 bits per heavy atom. The number of hydrogen-bond donors (Lipinski definition) is 1. The Balaban J connectivity index is 1.56. The maximum absolute atomic E-state index is 13.0. The molecule has 4 rings (SSSR count). The SMILES string of the molecule is Cc1ccc(-n2nc(C(=O)NCc3ccccc3CN(C)C)c3c2CCC3)cc1. The number of nitrogens with zero attached hydrogens (tertiary/aromatic N) is 3. The summed E-state index contributed by atoms with van der Waals surface area (Å²) in [5.41, 5.74) is 7.45. The molecular formula is C24H28N4O. The van der Waals surface area contributed by atoms with Crippen molar-refractivity contribution in [2.45, 2.75) is 39.3 Å². The van der Waals surface area contributed by atoms with Gasteiger partial charge in [0.2, 0.25) is 0 Å². The van der Waals surface area contributed by atoms with Crippen LogP contribution in [-0.4, -0.2) is 34.7 Å². The second-order valence-electron chi connectivity index (χ2n) is 8.06. The van der Waals surface area contributed by atoms with E-state index in [2.05, 4.69) is 67.6 Å². The van der Waals surface area contributed by atoms with E-state index in [4.69, 9.17) is 5.10 Å². The molecule has 0 atom stereocenters. The van der Waals surface area contributed by atoms with Crippen molar-refractivity contribution in [2.75, 3.05) is 14.1 Å². The number of aryl methyl sites for hydroxylation is 1. The van der Waals surface area contributed by atoms with Gasteiger partial charge in [-0.1, -0.05) is 42.0 Å². The molecule has 0 spiro atoms. The molecule has 2 aromatic carbocycles. The standard InChI is InChI=1S/C24H28N4O/c1-17-11-13-20(14-12-17)28-22-10-6-9-21(22)23(26-28)24(29)25-15-18-7-4-5-8-19(18)16-27(2)3/h4-5,7-8,11-14H,6,9-10,15-16H2,1-3H3,(H,25,29). The third-order valence-corrected chi connectivity index (χ3v) is 5.47. The van der Waals surface area contributed by atoms with Crippen LogP contribution in [0.4, 0.5) is 0 Å². The number of carbonyl (C=O) groups is 1. The van der Waals surface area contributed by atoms with Crippen molar-refractivity contribution >= 4 is 5.91 Å². The third-order valence-electron chi connectivity index (χ3n) is 5.47. The second-order valence-corrected chi connectivity index (χ2v) is 8.06. The number of benzene rings is 2. The van der Waals surface area contributed by atoms with Gasteiger partial charge in [0.15, 0.2) is 5.69 Å². The Morgan fingerprint density at radius 3 is 2.52 bits per heavy atom. The van der Waals surface area contributed by atoms with Gasteiger partial charge in [-0.25, -0.2) is 4.68 Å². The molecule has 1 aliphatic carbocycles. The van der Waals surface area contributed by atoms with Crippen molar-refractivity contribution in [2.24, 2.45) is 0 Å². The van der Waals surface area contributed by atoms with Crippen molar-refractivity contribution in [3.8, 4) is 5.69 Å². The molecule has 0 fully saturated rings. The fourth-order valence-corrected chi connectivity index (χ4v) is 4.00. The van der Waals surface area contributed by atoms with Gasteiger partial charge in [0, 0.05) is 24.3 Å². The average Bonchev–Trinajstić information content (AvgIpc) is 3.30. The summed E-state index contributed by atoms with van der Waals surface area (Å²) in [4.78, 5) is 15.1. The zero-order valence-electron chi connectivity index (χ0n) is 17.4. The minimum atomic E-state index is -0.0892. The first-order valence-corrected chi connectivity index (χ1v) is 10.2. The molecule has 1 N–H and O–H groups in total. The Hall–Kier alpha value is -2.92.